The maximum Gasteiger partial charge on any atom is 0.406 e. The summed E-state index contributed by atoms with van der Waals surface area (Å²) in [4.78, 5) is 24.1. The van der Waals surface area contributed by atoms with E-state index >= 15 is 0 Å². The molecule has 2 rings (SSSR count). The van der Waals surface area contributed by atoms with E-state index in [1.165, 1.54) is 12.1 Å². The van der Waals surface area contributed by atoms with Crippen molar-refractivity contribution in [3.63, 3.8) is 0 Å². The van der Waals surface area contributed by atoms with Crippen molar-refractivity contribution < 1.29 is 41.4 Å². The Morgan fingerprint density at radius 1 is 1.25 bits per heavy atom. The van der Waals surface area contributed by atoms with Crippen molar-refractivity contribution in [2.24, 2.45) is 5.41 Å². The average molecular weight is 353 g/mol. The van der Waals surface area contributed by atoms with Crippen molar-refractivity contribution in [1.82, 2.24) is 4.90 Å². The maximum absolute atomic E-state index is 13.1. The molecule has 0 radical (unpaired) electrons. The van der Waals surface area contributed by atoms with Gasteiger partial charge in [0.1, 0.15) is 5.75 Å². The number of ether oxygens (including phenoxy) is 1. The number of rotatable bonds is 4. The third kappa shape index (κ3) is 3.13. The van der Waals surface area contributed by atoms with Crippen LogP contribution in [0.15, 0.2) is 24.3 Å². The van der Waals surface area contributed by atoms with Crippen molar-refractivity contribution in [2.45, 2.75) is 19.2 Å². The predicted octanol–water partition coefficient (Wildman–Crippen LogP) is 2.77. The quantitative estimate of drug-likeness (QED) is 0.846. The fourth-order valence-electron chi connectivity index (χ4n) is 2.52. The minimum atomic E-state index is -5.05. The Kier molecular flexibility index (Phi) is 4.68. The molecule has 0 saturated carbocycles. The van der Waals surface area contributed by atoms with Gasteiger partial charge in [0.2, 0.25) is 0 Å². The highest BCUT2D eigenvalue weighted by molar-refractivity contribution is 5.97. The molecular weight excluding hydrogens is 341 g/mol. The molecule has 0 aromatic heterocycles. The lowest BCUT2D eigenvalue weighted by molar-refractivity contribution is -0.227. The number of carboxylic acids is 1. The number of hydrogen-bond acceptors (Lipinski definition) is 3. The van der Waals surface area contributed by atoms with Crippen molar-refractivity contribution >= 4 is 11.9 Å². The maximum atomic E-state index is 13.1. The smallest absolute Gasteiger partial charge is 0.406 e. The van der Waals surface area contributed by atoms with Gasteiger partial charge in [0.15, 0.2) is 5.41 Å². The number of carbonyl (C=O) groups excluding carboxylic acids is 1. The summed E-state index contributed by atoms with van der Waals surface area (Å²) in [5.41, 5.74) is -3.43. The molecule has 1 fully saturated rings. The highest BCUT2D eigenvalue weighted by Crippen LogP contribution is 2.46. The second-order valence-corrected chi connectivity index (χ2v) is 5.24. The lowest BCUT2D eigenvalue weighted by Crippen LogP contribution is -2.47. The number of amides is 1. The molecule has 1 aromatic rings. The van der Waals surface area contributed by atoms with E-state index in [4.69, 9.17) is 5.11 Å². The van der Waals surface area contributed by atoms with Crippen LogP contribution in [0.25, 0.3) is 0 Å². The number of para-hydroxylation sites is 1. The van der Waals surface area contributed by atoms with Gasteiger partial charge in [-0.05, 0) is 18.6 Å². The van der Waals surface area contributed by atoms with Crippen LogP contribution >= 0.6 is 0 Å². The highest BCUT2D eigenvalue weighted by Gasteiger charge is 2.64. The molecular formula is C14H12F5NO4. The number of hydrogen-bond donors (Lipinski definition) is 1. The number of benzene rings is 1. The van der Waals surface area contributed by atoms with Crippen LogP contribution in [0.1, 0.15) is 16.8 Å². The van der Waals surface area contributed by atoms with E-state index in [2.05, 4.69) is 4.74 Å². The van der Waals surface area contributed by atoms with Crippen LogP contribution in [0.4, 0.5) is 22.0 Å². The molecule has 1 aromatic carbocycles. The van der Waals surface area contributed by atoms with E-state index in [1.807, 2.05) is 0 Å². The number of alkyl halides is 5. The Morgan fingerprint density at radius 3 is 2.38 bits per heavy atom. The molecule has 1 amide bonds. The summed E-state index contributed by atoms with van der Waals surface area (Å²) in [6, 6.07) is 4.84. The highest BCUT2D eigenvalue weighted by atomic mass is 19.4. The first-order valence-corrected chi connectivity index (χ1v) is 6.72. The Morgan fingerprint density at radius 2 is 1.88 bits per heavy atom. The summed E-state index contributed by atoms with van der Waals surface area (Å²) in [6.07, 6.45) is -5.86. The molecule has 1 N–H and O–H groups in total. The van der Waals surface area contributed by atoms with E-state index in [-0.39, 0.29) is 5.56 Å². The van der Waals surface area contributed by atoms with Crippen LogP contribution in [0, 0.1) is 5.41 Å². The molecule has 5 nitrogen and oxygen atoms in total. The zero-order valence-electron chi connectivity index (χ0n) is 12.0. The molecule has 132 valence electrons. The van der Waals surface area contributed by atoms with E-state index in [0.717, 1.165) is 12.1 Å². The molecule has 1 heterocycles. The van der Waals surface area contributed by atoms with Crippen LogP contribution in [0.5, 0.6) is 5.75 Å². The van der Waals surface area contributed by atoms with Gasteiger partial charge in [-0.3, -0.25) is 9.59 Å². The summed E-state index contributed by atoms with van der Waals surface area (Å²) < 4.78 is 68.2. The zero-order chi connectivity index (χ0) is 18.1. The van der Waals surface area contributed by atoms with E-state index in [9.17, 15) is 31.5 Å². The largest absolute Gasteiger partial charge is 0.481 e. The summed E-state index contributed by atoms with van der Waals surface area (Å²) in [7, 11) is 0. The Bertz CT molecular complexity index is 648. The van der Waals surface area contributed by atoms with Crippen LogP contribution < -0.4 is 4.74 Å². The summed E-state index contributed by atoms with van der Waals surface area (Å²) in [5.74, 6) is -3.57. The van der Waals surface area contributed by atoms with Crippen LogP contribution in [0.3, 0.4) is 0 Å². The van der Waals surface area contributed by atoms with Crippen LogP contribution in [-0.4, -0.2) is 47.8 Å². The third-order valence-electron chi connectivity index (χ3n) is 3.84. The second-order valence-electron chi connectivity index (χ2n) is 5.24. The number of aliphatic carboxylic acids is 1. The predicted molar refractivity (Wildman–Crippen MR) is 69.7 cm³/mol. The standard InChI is InChI=1S/C14H12F5NO4/c15-12(16)24-9-4-2-1-3-8(9)10(21)20-6-5-13(7-20,11(22)23)14(17,18)19/h1-4,12H,5-7H2,(H,22,23). The molecule has 1 aliphatic heterocycles. The molecule has 24 heavy (non-hydrogen) atoms. The number of carbonyl (C=O) groups is 2. The fourth-order valence-corrected chi connectivity index (χ4v) is 2.52. The summed E-state index contributed by atoms with van der Waals surface area (Å²) in [6.45, 7) is -4.77. The van der Waals surface area contributed by atoms with Gasteiger partial charge in [-0.15, -0.1) is 0 Å². The summed E-state index contributed by atoms with van der Waals surface area (Å²) >= 11 is 0. The monoisotopic (exact) mass is 353 g/mol. The van der Waals surface area contributed by atoms with Gasteiger partial charge in [-0.25, -0.2) is 0 Å². The molecule has 10 heteroatoms. The van der Waals surface area contributed by atoms with Gasteiger partial charge < -0.3 is 14.7 Å². The van der Waals surface area contributed by atoms with Gasteiger partial charge in [0.25, 0.3) is 5.91 Å². The van der Waals surface area contributed by atoms with Crippen LogP contribution in [-0.2, 0) is 4.79 Å². The minimum Gasteiger partial charge on any atom is -0.481 e. The molecule has 0 aliphatic carbocycles. The Hall–Kier alpha value is -2.39. The number of likely N-dealkylation sites (tertiary alicyclic amines) is 1. The number of carboxylic acid groups (broad SMARTS) is 1. The van der Waals surface area contributed by atoms with Crippen molar-refractivity contribution in [3.05, 3.63) is 29.8 Å². The molecule has 1 aliphatic rings. The van der Waals surface area contributed by atoms with E-state index < -0.39 is 55.3 Å². The van der Waals surface area contributed by atoms with Crippen molar-refractivity contribution in [3.8, 4) is 5.75 Å². The Balaban J connectivity index is 2.29. The summed E-state index contributed by atoms with van der Waals surface area (Å²) in [5, 5.41) is 8.96. The normalized spacial score (nSPS) is 21.2. The first-order chi connectivity index (χ1) is 11.1. The first kappa shape index (κ1) is 18.0. The lowest BCUT2D eigenvalue weighted by atomic mass is 9.86. The Labute approximate surface area is 132 Å². The first-order valence-electron chi connectivity index (χ1n) is 6.72. The molecule has 1 saturated heterocycles. The van der Waals surface area contributed by atoms with Gasteiger partial charge in [-0.2, -0.15) is 22.0 Å². The number of halogens is 5. The molecule has 0 spiro atoms. The lowest BCUT2D eigenvalue weighted by Gasteiger charge is -2.27. The van der Waals surface area contributed by atoms with Gasteiger partial charge >= 0.3 is 18.8 Å². The van der Waals surface area contributed by atoms with E-state index in [1.54, 1.807) is 0 Å². The SMILES string of the molecule is O=C(c1ccccc1OC(F)F)N1CCC(C(=O)O)(C(F)(F)F)C1. The fraction of sp³-hybridized carbons (Fsp3) is 0.429. The average Bonchev–Trinajstić information content (AvgIpc) is 2.93. The van der Waals surface area contributed by atoms with Crippen LogP contribution in [0.2, 0.25) is 0 Å². The molecule has 0 bridgehead atoms. The minimum absolute atomic E-state index is 0.360. The van der Waals surface area contributed by atoms with Gasteiger partial charge in [-0.1, -0.05) is 12.1 Å². The number of nitrogens with zero attached hydrogens (tertiary/aromatic N) is 1. The van der Waals surface area contributed by atoms with Crippen molar-refractivity contribution in [2.75, 3.05) is 13.1 Å². The van der Waals surface area contributed by atoms with Gasteiger partial charge in [0.05, 0.1) is 5.56 Å². The van der Waals surface area contributed by atoms with Crippen molar-refractivity contribution in [1.29, 1.82) is 0 Å². The molecule has 1 unspecified atom stereocenters. The second kappa shape index (κ2) is 6.25. The van der Waals surface area contributed by atoms with Gasteiger partial charge in [0, 0.05) is 13.1 Å². The topological polar surface area (TPSA) is 66.8 Å². The molecule has 1 atom stereocenters. The third-order valence-corrected chi connectivity index (χ3v) is 3.84. The zero-order valence-corrected chi connectivity index (χ0v) is 12.0. The van der Waals surface area contributed by atoms with E-state index in [0.29, 0.717) is 4.90 Å².